The van der Waals surface area contributed by atoms with E-state index < -0.39 is 28.7 Å². The number of amides is 1. The first-order valence-corrected chi connectivity index (χ1v) is 9.54. The number of hydrogen-bond acceptors (Lipinski definition) is 6. The smallest absolute Gasteiger partial charge is 0.326 e. The summed E-state index contributed by atoms with van der Waals surface area (Å²) < 4.78 is 14.2. The number of carboxylic acids is 1. The van der Waals surface area contributed by atoms with Crippen LogP contribution in [0.5, 0.6) is 0 Å². The predicted molar refractivity (Wildman–Crippen MR) is 113 cm³/mol. The number of H-pyrrole nitrogens is 1. The number of aliphatic carboxylic acids is 1. The molecule has 0 aliphatic rings. The van der Waals surface area contributed by atoms with E-state index in [2.05, 4.69) is 20.6 Å². The van der Waals surface area contributed by atoms with Gasteiger partial charge in [0.15, 0.2) is 0 Å². The van der Waals surface area contributed by atoms with Gasteiger partial charge in [0, 0.05) is 29.8 Å². The number of nitrogens with zero attached hydrogens (tertiary/aromatic N) is 2. The molecular weight excluding hydrogens is 421 g/mol. The third-order valence-electron chi connectivity index (χ3n) is 4.80. The molecular formula is C21H20FN5O5. The Balaban J connectivity index is 1.70. The Hall–Kier alpha value is -4.28. The number of hydrogen-bond donors (Lipinski definition) is 4. The number of nitro groups is 1. The fourth-order valence-electron chi connectivity index (χ4n) is 2.98. The SMILES string of the molecule is Cc1[nH]cnc1CNc1cc(C(=O)N[C@H](Cc2ccc([N+](=O)[O-])cc2)C(=O)O)ccc1F. The molecule has 32 heavy (non-hydrogen) atoms. The van der Waals surface area contributed by atoms with E-state index in [1.165, 1.54) is 42.7 Å². The largest absolute Gasteiger partial charge is 0.480 e. The summed E-state index contributed by atoms with van der Waals surface area (Å²) in [6, 6.07) is 7.74. The number of aromatic amines is 1. The molecule has 1 atom stereocenters. The maximum absolute atomic E-state index is 14.2. The number of halogens is 1. The number of aryl methyl sites for hydroxylation is 1. The quantitative estimate of drug-likeness (QED) is 0.294. The highest BCUT2D eigenvalue weighted by molar-refractivity contribution is 5.97. The van der Waals surface area contributed by atoms with Crippen LogP contribution >= 0.6 is 0 Å². The summed E-state index contributed by atoms with van der Waals surface area (Å²) in [4.78, 5) is 41.4. The van der Waals surface area contributed by atoms with Crippen LogP contribution in [0.1, 0.15) is 27.3 Å². The molecule has 4 N–H and O–H groups in total. The van der Waals surface area contributed by atoms with Crippen molar-refractivity contribution in [2.45, 2.75) is 25.9 Å². The number of carboxylic acid groups (broad SMARTS) is 1. The first kappa shape index (κ1) is 22.4. The van der Waals surface area contributed by atoms with Crippen molar-refractivity contribution in [3.05, 3.63) is 87.2 Å². The van der Waals surface area contributed by atoms with Crippen molar-refractivity contribution in [2.24, 2.45) is 0 Å². The summed E-state index contributed by atoms with van der Waals surface area (Å²) in [5.74, 6) is -2.54. The zero-order valence-corrected chi connectivity index (χ0v) is 17.0. The Bertz CT molecular complexity index is 1150. The molecule has 10 nitrogen and oxygen atoms in total. The van der Waals surface area contributed by atoms with E-state index in [0.29, 0.717) is 11.3 Å². The summed E-state index contributed by atoms with van der Waals surface area (Å²) in [7, 11) is 0. The molecule has 3 rings (SSSR count). The normalized spacial score (nSPS) is 11.6. The zero-order valence-electron chi connectivity index (χ0n) is 17.0. The minimum absolute atomic E-state index is 0.0716. The van der Waals surface area contributed by atoms with Gasteiger partial charge < -0.3 is 20.7 Å². The van der Waals surface area contributed by atoms with Crippen LogP contribution in [-0.4, -0.2) is 37.9 Å². The van der Waals surface area contributed by atoms with Crippen LogP contribution < -0.4 is 10.6 Å². The van der Waals surface area contributed by atoms with Crippen molar-refractivity contribution in [1.29, 1.82) is 0 Å². The van der Waals surface area contributed by atoms with E-state index in [1.807, 2.05) is 6.92 Å². The molecule has 1 aromatic heterocycles. The van der Waals surface area contributed by atoms with Gasteiger partial charge in [-0.1, -0.05) is 12.1 Å². The number of carbonyl (C=O) groups excluding carboxylic acids is 1. The lowest BCUT2D eigenvalue weighted by atomic mass is 10.0. The molecule has 0 aliphatic heterocycles. The number of carbonyl (C=O) groups is 2. The molecule has 0 aliphatic carbocycles. The predicted octanol–water partition coefficient (Wildman–Crippen LogP) is 2.80. The molecule has 0 unspecified atom stereocenters. The van der Waals surface area contributed by atoms with Crippen LogP contribution in [0.25, 0.3) is 0 Å². The third kappa shape index (κ3) is 5.45. The summed E-state index contributed by atoms with van der Waals surface area (Å²) in [5.41, 5.74) is 2.03. The fourth-order valence-corrected chi connectivity index (χ4v) is 2.98. The summed E-state index contributed by atoms with van der Waals surface area (Å²) in [5, 5.41) is 25.5. The lowest BCUT2D eigenvalue weighted by molar-refractivity contribution is -0.384. The van der Waals surface area contributed by atoms with Gasteiger partial charge in [0.25, 0.3) is 11.6 Å². The van der Waals surface area contributed by atoms with Crippen LogP contribution in [0.2, 0.25) is 0 Å². The molecule has 1 heterocycles. The molecule has 1 amide bonds. The number of non-ortho nitro benzene ring substituents is 1. The van der Waals surface area contributed by atoms with Gasteiger partial charge in [0.05, 0.1) is 29.2 Å². The van der Waals surface area contributed by atoms with Gasteiger partial charge in [0.2, 0.25) is 0 Å². The summed E-state index contributed by atoms with van der Waals surface area (Å²) >= 11 is 0. The maximum Gasteiger partial charge on any atom is 0.326 e. The lowest BCUT2D eigenvalue weighted by Gasteiger charge is -2.15. The summed E-state index contributed by atoms with van der Waals surface area (Å²) in [6.07, 6.45) is 1.44. The highest BCUT2D eigenvalue weighted by Gasteiger charge is 2.22. The average molecular weight is 441 g/mol. The summed E-state index contributed by atoms with van der Waals surface area (Å²) in [6.45, 7) is 2.05. The average Bonchev–Trinajstić information content (AvgIpc) is 3.17. The zero-order chi connectivity index (χ0) is 23.3. The van der Waals surface area contributed by atoms with Gasteiger partial charge in [0.1, 0.15) is 11.9 Å². The minimum Gasteiger partial charge on any atom is -0.480 e. The van der Waals surface area contributed by atoms with Gasteiger partial charge in [-0.25, -0.2) is 14.2 Å². The Morgan fingerprint density at radius 1 is 1.25 bits per heavy atom. The van der Waals surface area contributed by atoms with Gasteiger partial charge in [-0.15, -0.1) is 0 Å². The first-order valence-electron chi connectivity index (χ1n) is 9.54. The van der Waals surface area contributed by atoms with E-state index >= 15 is 0 Å². The maximum atomic E-state index is 14.2. The highest BCUT2D eigenvalue weighted by Crippen LogP contribution is 2.18. The second-order valence-corrected chi connectivity index (χ2v) is 7.01. The van der Waals surface area contributed by atoms with Crippen LogP contribution in [0.4, 0.5) is 15.8 Å². The van der Waals surface area contributed by atoms with E-state index in [0.717, 1.165) is 11.8 Å². The molecule has 2 aromatic carbocycles. The Kier molecular flexibility index (Phi) is 6.78. The second kappa shape index (κ2) is 9.69. The standard InChI is InChI=1S/C21H20FN5O5/c1-12-19(25-11-24-12)10-23-17-9-14(4-7-16(17)22)20(28)26-18(21(29)30)8-13-2-5-15(6-3-13)27(31)32/h2-7,9,11,18,23H,8,10H2,1H3,(H,24,25)(H,26,28)(H,29,30)/t18-/m1/s1. The topological polar surface area (TPSA) is 150 Å². The van der Waals surface area contributed by atoms with Crippen LogP contribution in [0.15, 0.2) is 48.8 Å². The molecule has 11 heteroatoms. The molecule has 0 saturated heterocycles. The molecule has 0 saturated carbocycles. The molecule has 0 bridgehead atoms. The number of benzene rings is 2. The Labute approximate surface area is 181 Å². The van der Waals surface area contributed by atoms with Gasteiger partial charge >= 0.3 is 5.97 Å². The fraction of sp³-hybridized carbons (Fsp3) is 0.190. The van der Waals surface area contributed by atoms with Gasteiger partial charge in [-0.3, -0.25) is 14.9 Å². The van der Waals surface area contributed by atoms with Crippen LogP contribution in [-0.2, 0) is 17.8 Å². The molecule has 166 valence electrons. The van der Waals surface area contributed by atoms with Crippen LogP contribution in [0, 0.1) is 22.9 Å². The Morgan fingerprint density at radius 2 is 1.97 bits per heavy atom. The number of nitro benzene ring substituents is 1. The van der Waals surface area contributed by atoms with Crippen molar-refractivity contribution < 1.29 is 24.0 Å². The van der Waals surface area contributed by atoms with Crippen molar-refractivity contribution in [3.8, 4) is 0 Å². The molecule has 0 fully saturated rings. The highest BCUT2D eigenvalue weighted by atomic mass is 19.1. The van der Waals surface area contributed by atoms with E-state index in [1.54, 1.807) is 0 Å². The number of imidazole rings is 1. The molecule has 0 radical (unpaired) electrons. The third-order valence-corrected chi connectivity index (χ3v) is 4.80. The monoisotopic (exact) mass is 441 g/mol. The van der Waals surface area contributed by atoms with E-state index in [9.17, 15) is 29.2 Å². The Morgan fingerprint density at radius 3 is 2.56 bits per heavy atom. The number of rotatable bonds is 9. The molecule has 0 spiro atoms. The second-order valence-electron chi connectivity index (χ2n) is 7.01. The van der Waals surface area contributed by atoms with Crippen molar-refractivity contribution >= 4 is 23.3 Å². The minimum atomic E-state index is -1.28. The number of nitrogens with one attached hydrogen (secondary N) is 3. The van der Waals surface area contributed by atoms with Crippen LogP contribution in [0.3, 0.4) is 0 Å². The van der Waals surface area contributed by atoms with Crippen molar-refractivity contribution in [1.82, 2.24) is 15.3 Å². The lowest BCUT2D eigenvalue weighted by Crippen LogP contribution is -2.42. The molecule has 3 aromatic rings. The first-order chi connectivity index (χ1) is 15.2. The van der Waals surface area contributed by atoms with Crippen molar-refractivity contribution in [2.75, 3.05) is 5.32 Å². The van der Waals surface area contributed by atoms with E-state index in [-0.39, 0.29) is 29.9 Å². The van der Waals surface area contributed by atoms with E-state index in [4.69, 9.17) is 0 Å². The number of anilines is 1. The number of aromatic nitrogens is 2. The van der Waals surface area contributed by atoms with Crippen molar-refractivity contribution in [3.63, 3.8) is 0 Å². The van der Waals surface area contributed by atoms with Gasteiger partial charge in [-0.05, 0) is 30.7 Å². The van der Waals surface area contributed by atoms with Gasteiger partial charge in [-0.2, -0.15) is 0 Å².